The zero-order chi connectivity index (χ0) is 15.1. The largest absolute Gasteiger partial charge is 1.00 e. The Hall–Kier alpha value is 0.660. The molecule has 20 heavy (non-hydrogen) atoms. The summed E-state index contributed by atoms with van der Waals surface area (Å²) >= 11 is 1.18. The summed E-state index contributed by atoms with van der Waals surface area (Å²) in [6, 6.07) is -0.551. The minimum Gasteiger partial charge on any atom is -1.00 e. The molecule has 6 nitrogen and oxygen atoms in total. The molecule has 0 aliphatic rings. The molecule has 0 radical (unpaired) electrons. The highest BCUT2D eigenvalue weighted by Crippen LogP contribution is 2.51. The number of carbonyl (C=O) groups is 1. The van der Waals surface area contributed by atoms with Crippen LogP contribution in [0.1, 0.15) is 27.7 Å². The number of nitrogens with two attached hydrogens (primary N) is 1. The van der Waals surface area contributed by atoms with E-state index in [0.717, 1.165) is 0 Å². The first-order valence-electron chi connectivity index (χ1n) is 6.42. The lowest BCUT2D eigenvalue weighted by molar-refractivity contribution is -0.771. The van der Waals surface area contributed by atoms with Gasteiger partial charge in [-0.3, -0.25) is 9.19 Å². The third-order valence-corrected chi connectivity index (χ3v) is 7.80. The maximum Gasteiger partial charge on any atom is 0.440 e. The molecule has 0 heterocycles. The molecular formula is C11H26IN2O4PS. The molecule has 0 saturated heterocycles. The van der Waals surface area contributed by atoms with Crippen LogP contribution in [0.2, 0.25) is 0 Å². The van der Waals surface area contributed by atoms with Gasteiger partial charge in [-0.15, -0.1) is 0 Å². The number of halogens is 1. The van der Waals surface area contributed by atoms with Gasteiger partial charge in [0, 0.05) is 12.3 Å². The fraction of sp³-hybridized carbons (Fsp3) is 0.909. The molecule has 3 N–H and O–H groups in total. The van der Waals surface area contributed by atoms with Crippen molar-refractivity contribution in [1.29, 1.82) is 0 Å². The smallest absolute Gasteiger partial charge is 0.440 e. The van der Waals surface area contributed by atoms with E-state index in [0.29, 0.717) is 23.6 Å². The van der Waals surface area contributed by atoms with E-state index in [1.54, 1.807) is 34.7 Å². The van der Waals surface area contributed by atoms with Gasteiger partial charge in [-0.05, 0) is 39.1 Å². The minimum absolute atomic E-state index is 0. The van der Waals surface area contributed by atoms with Crippen molar-refractivity contribution in [3.8, 4) is 0 Å². The van der Waals surface area contributed by atoms with Gasteiger partial charge in [0.05, 0.1) is 19.8 Å². The van der Waals surface area contributed by atoms with Gasteiger partial charge < -0.3 is 34.4 Å². The monoisotopic (exact) mass is 440 g/mol. The van der Waals surface area contributed by atoms with Crippen LogP contribution >= 0.6 is 18.1 Å². The molecule has 122 valence electrons. The lowest BCUT2D eigenvalue weighted by atomic mass is 10.3. The Morgan fingerprint density at radius 1 is 1.40 bits per heavy atom. The molecule has 0 aromatic rings. The molecule has 0 saturated carbocycles. The van der Waals surface area contributed by atoms with E-state index in [2.05, 4.69) is 0 Å². The molecular weight excluding hydrogens is 414 g/mol. The van der Waals surface area contributed by atoms with Crippen LogP contribution in [0.4, 0.5) is 0 Å². The van der Waals surface area contributed by atoms with Crippen LogP contribution in [0.3, 0.4) is 0 Å². The second-order valence-corrected chi connectivity index (χ2v) is 9.23. The maximum absolute atomic E-state index is 12.7. The molecule has 0 bridgehead atoms. The lowest BCUT2D eigenvalue weighted by Crippen LogP contribution is -3.09. The van der Waals surface area contributed by atoms with Gasteiger partial charge in [-0.1, -0.05) is 0 Å². The number of esters is 1. The summed E-state index contributed by atoms with van der Waals surface area (Å²) in [6.45, 7) is 4.75. The second-order valence-electron chi connectivity index (χ2n) is 4.39. The molecule has 0 aromatic carbocycles. The number of nitrogens with one attached hydrogen (secondary N) is 1. The normalized spacial score (nSPS) is 16.9. The Bertz CT molecular complexity index is 334. The summed E-state index contributed by atoms with van der Waals surface area (Å²) in [5.74, 6) is 0.154. The first kappa shape index (κ1) is 22.9. The molecule has 0 aromatic heterocycles. The highest BCUT2D eigenvalue weighted by Gasteiger charge is 2.41. The molecule has 2 unspecified atom stereocenters. The quantitative estimate of drug-likeness (QED) is 0.238. The van der Waals surface area contributed by atoms with Crippen molar-refractivity contribution in [2.75, 3.05) is 26.0 Å². The van der Waals surface area contributed by atoms with Crippen molar-refractivity contribution in [1.82, 2.24) is 0 Å². The van der Waals surface area contributed by atoms with Crippen molar-refractivity contribution in [2.24, 2.45) is 5.73 Å². The summed E-state index contributed by atoms with van der Waals surface area (Å²) in [5, 5.41) is 0. The summed E-state index contributed by atoms with van der Waals surface area (Å²) in [5.41, 5.74) is 5.44. The van der Waals surface area contributed by atoms with Crippen LogP contribution in [0.5, 0.6) is 0 Å². The van der Waals surface area contributed by atoms with Crippen LogP contribution in [0.15, 0.2) is 0 Å². The summed E-state index contributed by atoms with van der Waals surface area (Å²) in [4.78, 5) is 11.9. The third kappa shape index (κ3) is 7.61. The van der Waals surface area contributed by atoms with Gasteiger partial charge in [0.25, 0.3) is 0 Å². The zero-order valence-electron chi connectivity index (χ0n) is 12.7. The number of quaternary nitrogens is 1. The number of hydrogen-bond acceptors (Lipinski definition) is 6. The Balaban J connectivity index is 0. The fourth-order valence-corrected chi connectivity index (χ4v) is 5.74. The molecule has 0 fully saturated rings. The van der Waals surface area contributed by atoms with E-state index in [4.69, 9.17) is 15.0 Å². The van der Waals surface area contributed by atoms with E-state index < -0.39 is 12.8 Å². The van der Waals surface area contributed by atoms with Crippen LogP contribution in [-0.2, 0) is 18.6 Å². The average Bonchev–Trinajstić information content (AvgIpc) is 2.34. The number of rotatable bonds is 9. The third-order valence-electron chi connectivity index (χ3n) is 2.44. The Morgan fingerprint density at radius 3 is 2.35 bits per heavy atom. The summed E-state index contributed by atoms with van der Waals surface area (Å²) in [7, 11) is 1.69. The topological polar surface area (TPSA) is 83.1 Å². The number of likely N-dealkylation sites (N-methyl/N-ethyl adjacent to an activating group) is 1. The molecule has 0 spiro atoms. The summed E-state index contributed by atoms with van der Waals surface area (Å²) < 4.78 is 23.8. The zero-order valence-corrected chi connectivity index (χ0v) is 16.6. The van der Waals surface area contributed by atoms with Gasteiger partial charge >= 0.3 is 12.7 Å². The number of carbonyl (C=O) groups excluding carboxylic acids is 1. The summed E-state index contributed by atoms with van der Waals surface area (Å²) in [6.07, 6.45) is -0.189. The van der Waals surface area contributed by atoms with E-state index in [1.807, 2.05) is 0 Å². The van der Waals surface area contributed by atoms with Crippen LogP contribution in [0.25, 0.3) is 0 Å². The van der Waals surface area contributed by atoms with Crippen molar-refractivity contribution in [3.63, 3.8) is 0 Å². The molecule has 0 amide bonds. The Kier molecular flexibility index (Phi) is 12.9. The first-order chi connectivity index (χ1) is 8.78. The van der Waals surface area contributed by atoms with Crippen LogP contribution < -0.4 is 34.4 Å². The van der Waals surface area contributed by atoms with Crippen LogP contribution in [-0.4, -0.2) is 44.1 Å². The second kappa shape index (κ2) is 11.3. The first-order valence-corrected chi connectivity index (χ1v) is 9.63. The Morgan fingerprint density at radius 2 is 1.95 bits per heavy atom. The van der Waals surface area contributed by atoms with Crippen molar-refractivity contribution in [2.45, 2.75) is 39.8 Å². The highest BCUT2D eigenvalue weighted by molar-refractivity contribution is 8.54. The van der Waals surface area contributed by atoms with E-state index in [9.17, 15) is 9.36 Å². The highest BCUT2D eigenvalue weighted by atomic mass is 127. The predicted octanol–water partition coefficient (Wildman–Crippen LogP) is -2.32. The van der Waals surface area contributed by atoms with Gasteiger partial charge in [-0.2, -0.15) is 0 Å². The van der Waals surface area contributed by atoms with Crippen molar-refractivity contribution in [3.05, 3.63) is 0 Å². The predicted molar refractivity (Wildman–Crippen MR) is 78.3 cm³/mol. The number of ether oxygens (including phenoxy) is 1. The molecule has 0 aliphatic carbocycles. The Labute approximate surface area is 142 Å². The van der Waals surface area contributed by atoms with E-state index in [-0.39, 0.29) is 36.0 Å². The van der Waals surface area contributed by atoms with Gasteiger partial charge in [-0.25, -0.2) is 9.36 Å². The molecule has 3 atom stereocenters. The molecule has 0 rings (SSSR count). The van der Waals surface area contributed by atoms with Gasteiger partial charge in [0.15, 0.2) is 6.04 Å². The minimum atomic E-state index is -3.03. The average molecular weight is 440 g/mol. The van der Waals surface area contributed by atoms with E-state index in [1.165, 1.54) is 11.4 Å². The molecule has 0 aliphatic heterocycles. The maximum atomic E-state index is 12.7. The van der Waals surface area contributed by atoms with Crippen molar-refractivity contribution < 1.29 is 47.3 Å². The van der Waals surface area contributed by atoms with Crippen molar-refractivity contribution >= 4 is 24.1 Å². The number of hydrogen-bond donors (Lipinski definition) is 2. The lowest BCUT2D eigenvalue weighted by Gasteiger charge is -2.27. The van der Waals surface area contributed by atoms with Crippen LogP contribution in [0, 0.1) is 0 Å². The SMILES string of the molecule is CCOP(=O)(SCCN)[NH+](C)[C@@H](C)C(=O)OC(C)C.[I-]. The fourth-order valence-electron chi connectivity index (χ4n) is 1.33. The van der Waals surface area contributed by atoms with Gasteiger partial charge in [0.2, 0.25) is 0 Å². The van der Waals surface area contributed by atoms with E-state index >= 15 is 0 Å². The molecule has 9 heteroatoms. The van der Waals surface area contributed by atoms with Gasteiger partial charge in [0.1, 0.15) is 0 Å². The standard InChI is InChI=1S/C11H25N2O4PS.HI/c1-6-16-18(15,19-8-7-12)13(5)10(4)11(14)17-9(2)3;/h9-10H,6-8,12H2,1-5H3;1H/t10-,18?;/m0./s1.